The van der Waals surface area contributed by atoms with Gasteiger partial charge >= 0.3 is 0 Å². The van der Waals surface area contributed by atoms with Crippen LogP contribution < -0.4 is 10.5 Å². The molecule has 0 aliphatic heterocycles. The van der Waals surface area contributed by atoms with E-state index >= 15 is 0 Å². The van der Waals surface area contributed by atoms with E-state index in [4.69, 9.17) is 10.5 Å². The van der Waals surface area contributed by atoms with Crippen LogP contribution >= 0.6 is 0 Å². The quantitative estimate of drug-likeness (QED) is 0.931. The average Bonchev–Trinajstić information content (AvgIpc) is 2.40. The van der Waals surface area contributed by atoms with Crippen molar-refractivity contribution >= 4 is 0 Å². The molecule has 2 aromatic rings. The predicted molar refractivity (Wildman–Crippen MR) is 69.9 cm³/mol. The van der Waals surface area contributed by atoms with Gasteiger partial charge in [-0.2, -0.15) is 0 Å². The molecule has 0 fully saturated rings. The van der Waals surface area contributed by atoms with Crippen molar-refractivity contribution in [2.75, 3.05) is 6.61 Å². The van der Waals surface area contributed by atoms with E-state index in [9.17, 15) is 13.2 Å². The van der Waals surface area contributed by atoms with Gasteiger partial charge in [0, 0.05) is 11.6 Å². The highest BCUT2D eigenvalue weighted by Gasteiger charge is 2.13. The number of hydrogen-bond acceptors (Lipinski definition) is 2. The summed E-state index contributed by atoms with van der Waals surface area (Å²) in [5.74, 6) is -1.25. The first-order chi connectivity index (χ1) is 9.47. The number of ether oxygens (including phenoxy) is 1. The fourth-order valence-electron chi connectivity index (χ4n) is 1.78. The van der Waals surface area contributed by atoms with Gasteiger partial charge < -0.3 is 10.5 Å². The van der Waals surface area contributed by atoms with Crippen LogP contribution in [0.4, 0.5) is 13.2 Å². The third kappa shape index (κ3) is 3.30. The highest BCUT2D eigenvalue weighted by molar-refractivity contribution is 5.29. The molecular formula is C15H14F3NO. The van der Waals surface area contributed by atoms with Crippen LogP contribution in [0.25, 0.3) is 0 Å². The third-order valence-electron chi connectivity index (χ3n) is 2.92. The molecular weight excluding hydrogens is 267 g/mol. The van der Waals surface area contributed by atoms with Gasteiger partial charge in [-0.3, -0.25) is 0 Å². The average molecular weight is 281 g/mol. The Hall–Kier alpha value is -2.01. The molecule has 106 valence electrons. The van der Waals surface area contributed by atoms with Crippen molar-refractivity contribution in [3.8, 4) is 5.75 Å². The summed E-state index contributed by atoms with van der Waals surface area (Å²) in [5.41, 5.74) is 6.42. The zero-order valence-corrected chi connectivity index (χ0v) is 10.9. The van der Waals surface area contributed by atoms with E-state index in [0.717, 1.165) is 12.1 Å². The Labute approximate surface area is 115 Å². The molecule has 0 amide bonds. The molecule has 0 spiro atoms. The van der Waals surface area contributed by atoms with Crippen molar-refractivity contribution in [2.45, 2.75) is 13.0 Å². The molecule has 2 N–H and O–H groups in total. The van der Waals surface area contributed by atoms with E-state index in [1.54, 1.807) is 6.92 Å². The molecule has 0 saturated heterocycles. The SMILES string of the molecule is Cc1cc(OCC(N)c2ccc(F)cc2F)ccc1F. The molecule has 2 aromatic carbocycles. The monoisotopic (exact) mass is 281 g/mol. The smallest absolute Gasteiger partial charge is 0.131 e. The maximum absolute atomic E-state index is 13.5. The molecule has 0 aliphatic rings. The van der Waals surface area contributed by atoms with Crippen molar-refractivity contribution in [3.63, 3.8) is 0 Å². The van der Waals surface area contributed by atoms with Crippen LogP contribution in [0.5, 0.6) is 5.75 Å². The van der Waals surface area contributed by atoms with Crippen molar-refractivity contribution in [2.24, 2.45) is 5.73 Å². The van der Waals surface area contributed by atoms with Gasteiger partial charge in [0.1, 0.15) is 29.8 Å². The molecule has 0 saturated carbocycles. The van der Waals surface area contributed by atoms with Crippen LogP contribution in [0.3, 0.4) is 0 Å². The minimum absolute atomic E-state index is 0.00756. The van der Waals surface area contributed by atoms with Gasteiger partial charge in [0.25, 0.3) is 0 Å². The fraction of sp³-hybridized carbons (Fsp3) is 0.200. The minimum Gasteiger partial charge on any atom is -0.492 e. The van der Waals surface area contributed by atoms with Crippen molar-refractivity contribution in [1.82, 2.24) is 0 Å². The Morgan fingerprint density at radius 2 is 1.80 bits per heavy atom. The van der Waals surface area contributed by atoms with Gasteiger partial charge in [-0.1, -0.05) is 6.07 Å². The highest BCUT2D eigenvalue weighted by Crippen LogP contribution is 2.20. The second-order valence-electron chi connectivity index (χ2n) is 4.49. The van der Waals surface area contributed by atoms with Crippen molar-refractivity contribution in [1.29, 1.82) is 0 Å². The Balaban J connectivity index is 2.04. The summed E-state index contributed by atoms with van der Waals surface area (Å²) >= 11 is 0. The van der Waals surface area contributed by atoms with Crippen LogP contribution in [0.1, 0.15) is 17.2 Å². The molecule has 1 atom stereocenters. The number of rotatable bonds is 4. The van der Waals surface area contributed by atoms with Crippen LogP contribution in [0.2, 0.25) is 0 Å². The van der Waals surface area contributed by atoms with Gasteiger partial charge in [-0.25, -0.2) is 13.2 Å². The number of halogens is 3. The molecule has 0 radical (unpaired) electrons. The molecule has 20 heavy (non-hydrogen) atoms. The second-order valence-corrected chi connectivity index (χ2v) is 4.49. The topological polar surface area (TPSA) is 35.2 Å². The van der Waals surface area contributed by atoms with Crippen molar-refractivity contribution in [3.05, 3.63) is 65.0 Å². The molecule has 5 heteroatoms. The lowest BCUT2D eigenvalue weighted by atomic mass is 10.1. The number of aryl methyl sites for hydroxylation is 1. The summed E-state index contributed by atoms with van der Waals surface area (Å²) in [6, 6.07) is 6.75. The van der Waals surface area contributed by atoms with Crippen LogP contribution in [0, 0.1) is 24.4 Å². The van der Waals surface area contributed by atoms with E-state index in [2.05, 4.69) is 0 Å². The minimum atomic E-state index is -0.735. The predicted octanol–water partition coefficient (Wildman–Crippen LogP) is 3.49. The molecule has 0 heterocycles. The molecule has 1 unspecified atom stereocenters. The van der Waals surface area contributed by atoms with Gasteiger partial charge in [0.2, 0.25) is 0 Å². The van der Waals surface area contributed by atoms with E-state index in [-0.39, 0.29) is 18.0 Å². The normalized spacial score (nSPS) is 12.2. The molecule has 0 bridgehead atoms. The van der Waals surface area contributed by atoms with Gasteiger partial charge in [-0.15, -0.1) is 0 Å². The molecule has 2 nitrogen and oxygen atoms in total. The Morgan fingerprint density at radius 3 is 2.45 bits per heavy atom. The van der Waals surface area contributed by atoms with E-state index in [1.165, 1.54) is 24.3 Å². The zero-order valence-electron chi connectivity index (χ0n) is 10.9. The first-order valence-electron chi connectivity index (χ1n) is 6.07. The standard InChI is InChI=1S/C15H14F3NO/c1-9-6-11(3-5-13(9)17)20-8-15(19)12-4-2-10(16)7-14(12)18/h2-7,15H,8,19H2,1H3. The van der Waals surface area contributed by atoms with Crippen LogP contribution in [0.15, 0.2) is 36.4 Å². The molecule has 0 aliphatic carbocycles. The van der Waals surface area contributed by atoms with E-state index < -0.39 is 17.7 Å². The zero-order chi connectivity index (χ0) is 14.7. The summed E-state index contributed by atoms with van der Waals surface area (Å²) in [4.78, 5) is 0. The maximum atomic E-state index is 13.5. The lowest BCUT2D eigenvalue weighted by Crippen LogP contribution is -2.20. The summed E-state index contributed by atoms with van der Waals surface area (Å²) in [6.45, 7) is 1.62. The van der Waals surface area contributed by atoms with Gasteiger partial charge in [0.05, 0.1) is 6.04 Å². The van der Waals surface area contributed by atoms with Gasteiger partial charge in [-0.05, 0) is 36.8 Å². The lowest BCUT2D eigenvalue weighted by Gasteiger charge is -2.14. The third-order valence-corrected chi connectivity index (χ3v) is 2.92. The highest BCUT2D eigenvalue weighted by atomic mass is 19.1. The lowest BCUT2D eigenvalue weighted by molar-refractivity contribution is 0.287. The number of hydrogen-bond donors (Lipinski definition) is 1. The van der Waals surface area contributed by atoms with E-state index in [1.807, 2.05) is 0 Å². The van der Waals surface area contributed by atoms with Gasteiger partial charge in [0.15, 0.2) is 0 Å². The molecule has 2 rings (SSSR count). The Kier molecular flexibility index (Phi) is 4.29. The summed E-state index contributed by atoms with van der Waals surface area (Å²) < 4.78 is 44.8. The number of nitrogens with two attached hydrogens (primary N) is 1. The van der Waals surface area contributed by atoms with Crippen LogP contribution in [-0.4, -0.2) is 6.61 Å². The van der Waals surface area contributed by atoms with E-state index in [0.29, 0.717) is 11.3 Å². The Morgan fingerprint density at radius 1 is 1.05 bits per heavy atom. The first kappa shape index (κ1) is 14.4. The second kappa shape index (κ2) is 5.96. The summed E-state index contributed by atoms with van der Waals surface area (Å²) in [5, 5.41) is 0. The van der Waals surface area contributed by atoms with Crippen molar-refractivity contribution < 1.29 is 17.9 Å². The Bertz CT molecular complexity index is 616. The summed E-state index contributed by atoms with van der Waals surface area (Å²) in [6.07, 6.45) is 0. The summed E-state index contributed by atoms with van der Waals surface area (Å²) in [7, 11) is 0. The first-order valence-corrected chi connectivity index (χ1v) is 6.07. The molecule has 0 aromatic heterocycles. The maximum Gasteiger partial charge on any atom is 0.131 e. The van der Waals surface area contributed by atoms with Crippen LogP contribution in [-0.2, 0) is 0 Å². The largest absolute Gasteiger partial charge is 0.492 e. The number of benzene rings is 2. The fourth-order valence-corrected chi connectivity index (χ4v) is 1.78.